The van der Waals surface area contributed by atoms with Crippen LogP contribution in [0, 0.1) is 5.92 Å². The van der Waals surface area contributed by atoms with E-state index in [1.807, 2.05) is 0 Å². The van der Waals surface area contributed by atoms with Crippen molar-refractivity contribution in [1.82, 2.24) is 0 Å². The highest BCUT2D eigenvalue weighted by atomic mass is 35.5. The van der Waals surface area contributed by atoms with Gasteiger partial charge in [-0.3, -0.25) is 0 Å². The number of benzene rings is 1. The zero-order chi connectivity index (χ0) is 13.3. The van der Waals surface area contributed by atoms with Crippen molar-refractivity contribution in [2.24, 2.45) is 5.92 Å². The maximum absolute atomic E-state index is 12.1. The molecule has 1 aliphatic carbocycles. The second-order valence-corrected chi connectivity index (χ2v) is 6.99. The molecule has 1 aliphatic rings. The van der Waals surface area contributed by atoms with E-state index < -0.39 is 15.8 Å². The van der Waals surface area contributed by atoms with Crippen LogP contribution in [0.3, 0.4) is 0 Å². The molecule has 0 amide bonds. The van der Waals surface area contributed by atoms with Crippen molar-refractivity contribution >= 4 is 27.4 Å². The summed E-state index contributed by atoms with van der Waals surface area (Å²) < 4.78 is 24.2. The van der Waals surface area contributed by atoms with Crippen LogP contribution in [-0.2, 0) is 9.84 Å². The summed E-state index contributed by atoms with van der Waals surface area (Å²) in [5, 5.41) is 8.94. The van der Waals surface area contributed by atoms with Crippen molar-refractivity contribution in [2.75, 3.05) is 5.75 Å². The maximum atomic E-state index is 12.1. The highest BCUT2D eigenvalue weighted by molar-refractivity contribution is 7.91. The van der Waals surface area contributed by atoms with Gasteiger partial charge in [-0.2, -0.15) is 0 Å². The maximum Gasteiger partial charge on any atom is 0.335 e. The molecule has 1 fully saturated rings. The standard InChI is InChI=1S/C12H13ClO4S/c13-10-4-3-9(12(14)15)7-11(10)18(16,17)6-5-8-1-2-8/h3-4,7-8H,1-2,5-6H2,(H,14,15). The van der Waals surface area contributed by atoms with Crippen molar-refractivity contribution in [2.45, 2.75) is 24.2 Å². The molecule has 0 bridgehead atoms. The molecule has 2 rings (SSSR count). The topological polar surface area (TPSA) is 71.4 Å². The van der Waals surface area contributed by atoms with Gasteiger partial charge in [0.1, 0.15) is 0 Å². The smallest absolute Gasteiger partial charge is 0.335 e. The molecule has 1 aromatic rings. The molecule has 0 aromatic heterocycles. The lowest BCUT2D eigenvalue weighted by Crippen LogP contribution is -2.09. The normalized spacial score (nSPS) is 15.6. The minimum Gasteiger partial charge on any atom is -0.478 e. The number of carbonyl (C=O) groups is 1. The van der Waals surface area contributed by atoms with Gasteiger partial charge in [0.2, 0.25) is 0 Å². The first-order chi connectivity index (χ1) is 8.40. The molecule has 18 heavy (non-hydrogen) atoms. The van der Waals surface area contributed by atoms with Gasteiger partial charge in [-0.15, -0.1) is 0 Å². The molecule has 6 heteroatoms. The van der Waals surface area contributed by atoms with Crippen molar-refractivity contribution in [3.05, 3.63) is 28.8 Å². The fourth-order valence-electron chi connectivity index (χ4n) is 1.71. The van der Waals surface area contributed by atoms with E-state index in [1.54, 1.807) is 0 Å². The van der Waals surface area contributed by atoms with E-state index in [1.165, 1.54) is 12.1 Å². The number of sulfone groups is 1. The van der Waals surface area contributed by atoms with Gasteiger partial charge in [-0.25, -0.2) is 13.2 Å². The molecular formula is C12H13ClO4S. The van der Waals surface area contributed by atoms with Gasteiger partial charge >= 0.3 is 5.97 Å². The number of halogens is 1. The lowest BCUT2D eigenvalue weighted by atomic mass is 10.2. The van der Waals surface area contributed by atoms with E-state index in [0.717, 1.165) is 18.9 Å². The Labute approximate surface area is 110 Å². The Kier molecular flexibility index (Phi) is 3.64. The first-order valence-electron chi connectivity index (χ1n) is 5.66. The predicted octanol–water partition coefficient (Wildman–Crippen LogP) is 2.61. The quantitative estimate of drug-likeness (QED) is 0.904. The lowest BCUT2D eigenvalue weighted by Gasteiger charge is -2.07. The van der Waals surface area contributed by atoms with E-state index in [4.69, 9.17) is 16.7 Å². The van der Waals surface area contributed by atoms with Crippen LogP contribution in [-0.4, -0.2) is 25.2 Å². The Morgan fingerprint density at radius 1 is 1.39 bits per heavy atom. The molecular weight excluding hydrogens is 276 g/mol. The monoisotopic (exact) mass is 288 g/mol. The van der Waals surface area contributed by atoms with Crippen LogP contribution in [0.5, 0.6) is 0 Å². The molecule has 1 aromatic carbocycles. The van der Waals surface area contributed by atoms with E-state index in [0.29, 0.717) is 12.3 Å². The number of carboxylic acids is 1. The number of carboxylic acid groups (broad SMARTS) is 1. The van der Waals surface area contributed by atoms with E-state index in [-0.39, 0.29) is 21.2 Å². The summed E-state index contributed by atoms with van der Waals surface area (Å²) in [6.45, 7) is 0. The summed E-state index contributed by atoms with van der Waals surface area (Å²) in [5.41, 5.74) is -0.0654. The van der Waals surface area contributed by atoms with Crippen molar-refractivity contribution in [3.8, 4) is 0 Å². The Morgan fingerprint density at radius 2 is 2.06 bits per heavy atom. The highest BCUT2D eigenvalue weighted by Crippen LogP contribution is 2.34. The molecule has 0 aliphatic heterocycles. The fraction of sp³-hybridized carbons (Fsp3) is 0.417. The molecule has 0 heterocycles. The minimum atomic E-state index is -3.50. The number of hydrogen-bond donors (Lipinski definition) is 1. The first kappa shape index (κ1) is 13.4. The first-order valence-corrected chi connectivity index (χ1v) is 7.69. The Balaban J connectivity index is 2.29. The Hall–Kier alpha value is -1.07. The van der Waals surface area contributed by atoms with Gasteiger partial charge in [0.25, 0.3) is 0 Å². The van der Waals surface area contributed by atoms with Crippen LogP contribution in [0.4, 0.5) is 0 Å². The van der Waals surface area contributed by atoms with Crippen LogP contribution < -0.4 is 0 Å². The lowest BCUT2D eigenvalue weighted by molar-refractivity contribution is 0.0696. The molecule has 4 nitrogen and oxygen atoms in total. The number of rotatable bonds is 5. The average molecular weight is 289 g/mol. The van der Waals surface area contributed by atoms with Gasteiger partial charge in [-0.05, 0) is 30.5 Å². The summed E-state index contributed by atoms with van der Waals surface area (Å²) in [5.74, 6) is -0.632. The van der Waals surface area contributed by atoms with Gasteiger partial charge in [-0.1, -0.05) is 24.4 Å². The number of hydrogen-bond acceptors (Lipinski definition) is 3. The van der Waals surface area contributed by atoms with Crippen molar-refractivity contribution in [3.63, 3.8) is 0 Å². The molecule has 0 saturated heterocycles. The summed E-state index contributed by atoms with van der Waals surface area (Å²) in [4.78, 5) is 10.8. The van der Waals surface area contributed by atoms with E-state index in [2.05, 4.69) is 0 Å². The van der Waals surface area contributed by atoms with Crippen LogP contribution in [0.1, 0.15) is 29.6 Å². The second-order valence-electron chi connectivity index (χ2n) is 4.50. The van der Waals surface area contributed by atoms with E-state index >= 15 is 0 Å². The van der Waals surface area contributed by atoms with Crippen LogP contribution in [0.15, 0.2) is 23.1 Å². The summed E-state index contributed by atoms with van der Waals surface area (Å²) >= 11 is 5.84. The van der Waals surface area contributed by atoms with Crippen LogP contribution in [0.25, 0.3) is 0 Å². The van der Waals surface area contributed by atoms with Crippen LogP contribution >= 0.6 is 11.6 Å². The summed E-state index contributed by atoms with van der Waals surface area (Å²) in [7, 11) is -3.50. The van der Waals surface area contributed by atoms with Gasteiger partial charge < -0.3 is 5.11 Å². The molecule has 0 radical (unpaired) electrons. The largest absolute Gasteiger partial charge is 0.478 e. The van der Waals surface area contributed by atoms with Crippen molar-refractivity contribution in [1.29, 1.82) is 0 Å². The second kappa shape index (κ2) is 4.90. The zero-order valence-electron chi connectivity index (χ0n) is 9.60. The van der Waals surface area contributed by atoms with Gasteiger partial charge in [0, 0.05) is 0 Å². The zero-order valence-corrected chi connectivity index (χ0v) is 11.2. The minimum absolute atomic E-state index is 0.0282. The molecule has 98 valence electrons. The predicted molar refractivity (Wildman–Crippen MR) is 67.8 cm³/mol. The van der Waals surface area contributed by atoms with Crippen LogP contribution in [0.2, 0.25) is 5.02 Å². The third kappa shape index (κ3) is 3.03. The van der Waals surface area contributed by atoms with Gasteiger partial charge in [0.15, 0.2) is 9.84 Å². The van der Waals surface area contributed by atoms with Gasteiger partial charge in [0.05, 0.1) is 21.2 Å². The fourth-order valence-corrected chi connectivity index (χ4v) is 3.72. The molecule has 0 unspecified atom stereocenters. The summed E-state index contributed by atoms with van der Waals surface area (Å²) in [6.07, 6.45) is 2.78. The SMILES string of the molecule is O=C(O)c1ccc(Cl)c(S(=O)(=O)CCC2CC2)c1. The molecule has 1 N–H and O–H groups in total. The van der Waals surface area contributed by atoms with Crippen molar-refractivity contribution < 1.29 is 18.3 Å². The summed E-state index contributed by atoms with van der Waals surface area (Å²) in [6, 6.07) is 3.74. The molecule has 0 atom stereocenters. The van der Waals surface area contributed by atoms with E-state index in [9.17, 15) is 13.2 Å². The Morgan fingerprint density at radius 3 is 2.61 bits per heavy atom. The highest BCUT2D eigenvalue weighted by Gasteiger charge is 2.26. The molecule has 0 spiro atoms. The third-order valence-electron chi connectivity index (χ3n) is 3.00. The Bertz CT molecular complexity index is 576. The average Bonchev–Trinajstić information content (AvgIpc) is 3.10. The number of aromatic carboxylic acids is 1. The molecule has 1 saturated carbocycles. The third-order valence-corrected chi connectivity index (χ3v) is 5.23.